The van der Waals surface area contributed by atoms with Gasteiger partial charge in [0, 0.05) is 10.6 Å². The predicted octanol–water partition coefficient (Wildman–Crippen LogP) is 4.27. The van der Waals surface area contributed by atoms with Gasteiger partial charge in [0.1, 0.15) is 17.7 Å². The number of carbonyl (C=O) groups is 3. The topological polar surface area (TPSA) is 70.1 Å². The Balaban J connectivity index is 1.64. The van der Waals surface area contributed by atoms with E-state index in [1.807, 2.05) is 18.2 Å². The van der Waals surface area contributed by atoms with Crippen LogP contribution in [0.2, 0.25) is 5.02 Å². The Labute approximate surface area is 189 Å². The third kappa shape index (κ3) is 3.03. The van der Waals surface area contributed by atoms with Crippen LogP contribution in [0.4, 0.5) is 11.4 Å². The lowest BCUT2D eigenvalue weighted by molar-refractivity contribution is -0.121. The molecule has 7 heteroatoms. The number of fused-ring (bicyclic) bond motifs is 1. The van der Waals surface area contributed by atoms with Crippen molar-refractivity contribution in [1.29, 1.82) is 0 Å². The molecular formula is C25H18ClN3O3. The number of nitrogens with zero attached hydrogens (tertiary/aromatic N) is 3. The van der Waals surface area contributed by atoms with Crippen LogP contribution in [-0.2, 0) is 9.59 Å². The first-order valence-electron chi connectivity index (χ1n) is 10.1. The van der Waals surface area contributed by atoms with E-state index in [1.54, 1.807) is 67.6 Å². The molecule has 0 bridgehead atoms. The zero-order valence-electron chi connectivity index (χ0n) is 17.1. The summed E-state index contributed by atoms with van der Waals surface area (Å²) in [4.78, 5) is 41.6. The maximum Gasteiger partial charge on any atom is 0.259 e. The molecule has 0 aromatic heterocycles. The molecule has 6 nitrogen and oxygen atoms in total. The van der Waals surface area contributed by atoms with Crippen molar-refractivity contribution in [3.63, 3.8) is 0 Å². The van der Waals surface area contributed by atoms with E-state index < -0.39 is 23.8 Å². The molecule has 0 radical (unpaired) electrons. The highest BCUT2D eigenvalue weighted by molar-refractivity contribution is 6.53. The molecule has 2 aliphatic rings. The van der Waals surface area contributed by atoms with Crippen molar-refractivity contribution >= 4 is 46.3 Å². The van der Waals surface area contributed by atoms with Gasteiger partial charge in [-0.3, -0.25) is 19.4 Å². The minimum Gasteiger partial charge on any atom is -0.287 e. The van der Waals surface area contributed by atoms with Crippen LogP contribution in [0.5, 0.6) is 0 Å². The molecule has 5 rings (SSSR count). The Kier molecular flexibility index (Phi) is 4.87. The number of ketones is 1. The van der Waals surface area contributed by atoms with E-state index in [9.17, 15) is 14.4 Å². The van der Waals surface area contributed by atoms with Crippen molar-refractivity contribution in [3.8, 4) is 0 Å². The third-order valence-corrected chi connectivity index (χ3v) is 6.23. The van der Waals surface area contributed by atoms with E-state index in [2.05, 4.69) is 5.10 Å². The Morgan fingerprint density at radius 1 is 0.875 bits per heavy atom. The molecule has 2 heterocycles. The lowest BCUT2D eigenvalue weighted by Crippen LogP contribution is -2.39. The number of hydrazone groups is 1. The fraction of sp³-hybridized carbons (Fsp3) is 0.120. The van der Waals surface area contributed by atoms with Crippen molar-refractivity contribution in [2.75, 3.05) is 9.91 Å². The van der Waals surface area contributed by atoms with Crippen LogP contribution in [0.25, 0.3) is 0 Å². The first kappa shape index (κ1) is 20.2. The summed E-state index contributed by atoms with van der Waals surface area (Å²) < 4.78 is 0. The van der Waals surface area contributed by atoms with Gasteiger partial charge in [-0.25, -0.2) is 4.90 Å². The Bertz CT molecular complexity index is 1270. The maximum atomic E-state index is 13.6. The van der Waals surface area contributed by atoms with Crippen LogP contribution in [0.3, 0.4) is 0 Å². The van der Waals surface area contributed by atoms with Gasteiger partial charge in [-0.2, -0.15) is 5.10 Å². The highest BCUT2D eigenvalue weighted by atomic mass is 35.5. The van der Waals surface area contributed by atoms with E-state index in [1.165, 1.54) is 5.01 Å². The highest BCUT2D eigenvalue weighted by Crippen LogP contribution is 2.40. The fourth-order valence-electron chi connectivity index (χ4n) is 4.21. The summed E-state index contributed by atoms with van der Waals surface area (Å²) in [5.74, 6) is -2.29. The molecule has 2 atom stereocenters. The number of Topliss-reactive ketones (excluding diaryl/α,β-unsaturated/α-hetero) is 1. The first-order chi connectivity index (χ1) is 15.5. The number of benzene rings is 3. The van der Waals surface area contributed by atoms with Crippen LogP contribution in [0.15, 0.2) is 84.0 Å². The number of rotatable bonds is 4. The summed E-state index contributed by atoms with van der Waals surface area (Å²) in [7, 11) is 0. The van der Waals surface area contributed by atoms with Crippen LogP contribution >= 0.6 is 11.6 Å². The number of halogens is 1. The molecule has 2 aliphatic heterocycles. The van der Waals surface area contributed by atoms with Crippen molar-refractivity contribution in [3.05, 3.63) is 95.0 Å². The third-order valence-electron chi connectivity index (χ3n) is 5.82. The van der Waals surface area contributed by atoms with E-state index in [0.29, 0.717) is 27.5 Å². The average Bonchev–Trinajstić information content (AvgIpc) is 3.33. The van der Waals surface area contributed by atoms with Gasteiger partial charge >= 0.3 is 0 Å². The minimum absolute atomic E-state index is 0.0607. The van der Waals surface area contributed by atoms with Crippen LogP contribution in [0, 0.1) is 12.8 Å². The number of anilines is 2. The first-order valence-corrected chi connectivity index (χ1v) is 10.5. The zero-order chi connectivity index (χ0) is 22.4. The molecule has 1 fully saturated rings. The number of amides is 2. The summed E-state index contributed by atoms with van der Waals surface area (Å²) in [6.45, 7) is 1.76. The molecular weight excluding hydrogens is 426 g/mol. The summed E-state index contributed by atoms with van der Waals surface area (Å²) in [6, 6.07) is 21.9. The monoisotopic (exact) mass is 443 g/mol. The molecule has 2 unspecified atom stereocenters. The molecule has 1 saturated heterocycles. The number of carbonyl (C=O) groups excluding carboxylic acids is 3. The molecule has 3 aromatic carbocycles. The summed E-state index contributed by atoms with van der Waals surface area (Å²) in [6.07, 6.45) is 0. The second-order valence-corrected chi connectivity index (χ2v) is 8.09. The standard InChI is InChI=1S/C25H18ClN3O3/c1-15-18(26)13-8-14-19(15)28-24(31)20-21(23(30)16-9-4-2-5-10-16)27-29(22(20)25(28)32)17-11-6-3-7-12-17/h2-14,20,22H,1H3. The molecule has 0 saturated carbocycles. The average molecular weight is 444 g/mol. The minimum atomic E-state index is -1.01. The van der Waals surface area contributed by atoms with E-state index in [4.69, 9.17) is 11.6 Å². The van der Waals surface area contributed by atoms with Crippen molar-refractivity contribution < 1.29 is 14.4 Å². The Hall–Kier alpha value is -3.77. The van der Waals surface area contributed by atoms with Gasteiger partial charge in [-0.05, 0) is 36.8 Å². The molecule has 32 heavy (non-hydrogen) atoms. The molecule has 0 N–H and O–H groups in total. The summed E-state index contributed by atoms with van der Waals surface area (Å²) in [5, 5.41) is 6.43. The van der Waals surface area contributed by atoms with Gasteiger partial charge in [0.15, 0.2) is 0 Å². The normalized spacial score (nSPS) is 19.9. The summed E-state index contributed by atoms with van der Waals surface area (Å²) >= 11 is 6.25. The fourth-order valence-corrected chi connectivity index (χ4v) is 4.38. The van der Waals surface area contributed by atoms with Crippen molar-refractivity contribution in [2.45, 2.75) is 13.0 Å². The predicted molar refractivity (Wildman–Crippen MR) is 123 cm³/mol. The zero-order valence-corrected chi connectivity index (χ0v) is 17.9. The largest absolute Gasteiger partial charge is 0.287 e. The van der Waals surface area contributed by atoms with Gasteiger partial charge in [0.05, 0.1) is 11.4 Å². The van der Waals surface area contributed by atoms with Gasteiger partial charge in [-0.15, -0.1) is 0 Å². The Morgan fingerprint density at radius 2 is 1.53 bits per heavy atom. The lowest BCUT2D eigenvalue weighted by atomic mass is 9.92. The van der Waals surface area contributed by atoms with E-state index in [-0.39, 0.29) is 11.5 Å². The number of para-hydroxylation sites is 1. The van der Waals surface area contributed by atoms with E-state index >= 15 is 0 Å². The SMILES string of the molecule is Cc1c(Cl)cccc1N1C(=O)C2C(C(=O)c3ccccc3)=NN(c3ccccc3)C2C1=O. The number of imide groups is 1. The van der Waals surface area contributed by atoms with Crippen LogP contribution in [0.1, 0.15) is 15.9 Å². The lowest BCUT2D eigenvalue weighted by Gasteiger charge is -2.23. The van der Waals surface area contributed by atoms with Crippen molar-refractivity contribution in [2.24, 2.45) is 11.0 Å². The van der Waals surface area contributed by atoms with Gasteiger partial charge in [0.2, 0.25) is 11.7 Å². The molecule has 158 valence electrons. The van der Waals surface area contributed by atoms with Crippen LogP contribution < -0.4 is 9.91 Å². The summed E-state index contributed by atoms with van der Waals surface area (Å²) in [5.41, 5.74) is 2.14. The van der Waals surface area contributed by atoms with Gasteiger partial charge in [0.25, 0.3) is 5.91 Å². The van der Waals surface area contributed by atoms with Gasteiger partial charge in [-0.1, -0.05) is 66.2 Å². The second-order valence-electron chi connectivity index (χ2n) is 7.68. The maximum absolute atomic E-state index is 13.6. The Morgan fingerprint density at radius 3 is 2.22 bits per heavy atom. The van der Waals surface area contributed by atoms with Crippen LogP contribution in [-0.4, -0.2) is 29.4 Å². The second kappa shape index (κ2) is 7.73. The molecule has 3 aromatic rings. The van der Waals surface area contributed by atoms with Gasteiger partial charge < -0.3 is 0 Å². The van der Waals surface area contributed by atoms with E-state index in [0.717, 1.165) is 4.90 Å². The molecule has 0 spiro atoms. The highest BCUT2D eigenvalue weighted by Gasteiger charge is 2.58. The molecule has 2 amide bonds. The quantitative estimate of drug-likeness (QED) is 0.446. The molecule has 0 aliphatic carbocycles. The smallest absolute Gasteiger partial charge is 0.259 e. The van der Waals surface area contributed by atoms with Crippen molar-refractivity contribution in [1.82, 2.24) is 0 Å². The number of hydrogen-bond acceptors (Lipinski definition) is 5. The number of hydrogen-bond donors (Lipinski definition) is 0.